The summed E-state index contributed by atoms with van der Waals surface area (Å²) in [5.74, 6) is 0.270. The van der Waals surface area contributed by atoms with Gasteiger partial charge in [-0.05, 0) is 64.1 Å². The van der Waals surface area contributed by atoms with Gasteiger partial charge in [0.15, 0.2) is 22.3 Å². The van der Waals surface area contributed by atoms with Crippen molar-refractivity contribution < 1.29 is 23.9 Å². The minimum atomic E-state index is -0.738. The second-order valence-electron chi connectivity index (χ2n) is 11.1. The second kappa shape index (κ2) is 12.9. The molecule has 230 valence electrons. The van der Waals surface area contributed by atoms with Gasteiger partial charge in [-0.15, -0.1) is 0 Å². The van der Waals surface area contributed by atoms with Crippen molar-refractivity contribution in [2.24, 2.45) is 5.73 Å². The van der Waals surface area contributed by atoms with Gasteiger partial charge in [-0.1, -0.05) is 30.0 Å². The highest BCUT2D eigenvalue weighted by Crippen LogP contribution is 2.31. The third-order valence-electron chi connectivity index (χ3n) is 6.76. The number of primary amides is 1. The normalized spacial score (nSPS) is 13.6. The Balaban J connectivity index is 1.42. The van der Waals surface area contributed by atoms with Crippen LogP contribution in [0.2, 0.25) is 0 Å². The predicted octanol–water partition coefficient (Wildman–Crippen LogP) is 4.15. The van der Waals surface area contributed by atoms with Crippen LogP contribution in [0.15, 0.2) is 59.8 Å². The average molecular weight is 618 g/mol. The Morgan fingerprint density at radius 3 is 2.18 bits per heavy atom. The molecule has 1 aliphatic rings. The first kappa shape index (κ1) is 30.8. The molecule has 13 heteroatoms. The number of benzene rings is 2. The molecule has 0 spiro atoms. The van der Waals surface area contributed by atoms with Crippen LogP contribution in [-0.4, -0.2) is 91.4 Å². The van der Waals surface area contributed by atoms with E-state index in [-0.39, 0.29) is 29.0 Å². The van der Waals surface area contributed by atoms with Crippen molar-refractivity contribution in [3.8, 4) is 22.8 Å². The smallest absolute Gasteiger partial charge is 0.410 e. The van der Waals surface area contributed by atoms with Crippen LogP contribution in [0.1, 0.15) is 38.2 Å². The van der Waals surface area contributed by atoms with Gasteiger partial charge in [-0.25, -0.2) is 19.7 Å². The summed E-state index contributed by atoms with van der Waals surface area (Å²) in [5.41, 5.74) is 7.24. The van der Waals surface area contributed by atoms with Crippen LogP contribution in [-0.2, 0) is 9.53 Å². The van der Waals surface area contributed by atoms with Crippen molar-refractivity contribution >= 4 is 40.8 Å². The molecule has 0 atom stereocenters. The fraction of sp³-hybridized carbons (Fsp3) is 0.355. The zero-order chi connectivity index (χ0) is 31.4. The van der Waals surface area contributed by atoms with Crippen LogP contribution >= 0.6 is 11.8 Å². The summed E-state index contributed by atoms with van der Waals surface area (Å²) in [5, 5.41) is 0.465. The fourth-order valence-electron chi connectivity index (χ4n) is 4.69. The van der Waals surface area contributed by atoms with Crippen molar-refractivity contribution in [1.29, 1.82) is 0 Å². The van der Waals surface area contributed by atoms with E-state index in [0.717, 1.165) is 5.69 Å². The number of para-hydroxylation sites is 1. The van der Waals surface area contributed by atoms with Crippen LogP contribution < -0.4 is 10.5 Å². The maximum atomic E-state index is 13.2. The molecule has 44 heavy (non-hydrogen) atoms. The van der Waals surface area contributed by atoms with Gasteiger partial charge >= 0.3 is 6.09 Å². The number of ether oxygens (including phenoxy) is 2. The van der Waals surface area contributed by atoms with E-state index < -0.39 is 11.5 Å². The zero-order valence-corrected chi connectivity index (χ0v) is 26.0. The van der Waals surface area contributed by atoms with E-state index in [4.69, 9.17) is 25.2 Å². The Morgan fingerprint density at radius 1 is 0.909 bits per heavy atom. The third kappa shape index (κ3) is 6.94. The molecule has 1 fully saturated rings. The van der Waals surface area contributed by atoms with Gasteiger partial charge in [0.25, 0.3) is 5.91 Å². The summed E-state index contributed by atoms with van der Waals surface area (Å²) in [6.45, 7) is 9.49. The SMILES string of the molecule is CCOc1ccc(-c2nc(C(N)=O)c3nc(SCC(=O)N4CCN(C(=O)OC(C)(C)C)CC4)n(-c4ccccc4)c3n2)cc1. The van der Waals surface area contributed by atoms with E-state index in [1.54, 1.807) is 14.4 Å². The molecular formula is C31H35N7O5S. The lowest BCUT2D eigenvalue weighted by Crippen LogP contribution is -2.52. The largest absolute Gasteiger partial charge is 0.494 e. The number of amides is 3. The molecule has 1 saturated heterocycles. The van der Waals surface area contributed by atoms with Crippen molar-refractivity contribution in [2.75, 3.05) is 38.5 Å². The van der Waals surface area contributed by atoms with Crippen LogP contribution in [0.4, 0.5) is 4.79 Å². The number of carbonyl (C=O) groups excluding carboxylic acids is 3. The van der Waals surface area contributed by atoms with Crippen molar-refractivity contribution in [1.82, 2.24) is 29.3 Å². The molecule has 2 aromatic carbocycles. The summed E-state index contributed by atoms with van der Waals surface area (Å²) < 4.78 is 12.8. The molecule has 0 saturated carbocycles. The lowest BCUT2D eigenvalue weighted by molar-refractivity contribution is -0.130. The molecule has 4 aromatic rings. The van der Waals surface area contributed by atoms with E-state index in [1.165, 1.54) is 11.8 Å². The zero-order valence-electron chi connectivity index (χ0n) is 25.1. The Labute approximate surface area is 259 Å². The summed E-state index contributed by atoms with van der Waals surface area (Å²) in [4.78, 5) is 55.6. The molecular weight excluding hydrogens is 582 g/mol. The van der Waals surface area contributed by atoms with Crippen LogP contribution in [0.5, 0.6) is 5.75 Å². The fourth-order valence-corrected chi connectivity index (χ4v) is 5.61. The van der Waals surface area contributed by atoms with E-state index in [1.807, 2.05) is 82.3 Å². The van der Waals surface area contributed by atoms with E-state index in [0.29, 0.717) is 60.7 Å². The standard InChI is InChI=1S/C31H35N7O5S/c1-5-42-22-13-11-20(12-14-22)27-33-24(26(32)40)25-28(35-27)38(21-9-7-6-8-10-21)29(34-25)44-19-23(39)36-15-17-37(18-16-36)30(41)43-31(2,3)4/h6-14H,5,15-19H2,1-4H3,(H2,32,40). The average Bonchev–Trinajstić information content (AvgIpc) is 3.37. The number of hydrogen-bond acceptors (Lipinski definition) is 9. The number of nitrogens with zero attached hydrogens (tertiary/aromatic N) is 6. The number of nitrogens with two attached hydrogens (primary N) is 1. The number of piperazine rings is 1. The quantitative estimate of drug-likeness (QED) is 0.288. The number of imidazole rings is 1. The van der Waals surface area contributed by atoms with Crippen molar-refractivity contribution in [3.63, 3.8) is 0 Å². The van der Waals surface area contributed by atoms with Crippen molar-refractivity contribution in [3.05, 3.63) is 60.3 Å². The van der Waals surface area contributed by atoms with Crippen LogP contribution in [0.3, 0.4) is 0 Å². The highest BCUT2D eigenvalue weighted by Gasteiger charge is 2.29. The summed E-state index contributed by atoms with van der Waals surface area (Å²) in [6.07, 6.45) is -0.383. The lowest BCUT2D eigenvalue weighted by Gasteiger charge is -2.35. The first-order valence-corrected chi connectivity index (χ1v) is 15.3. The van der Waals surface area contributed by atoms with Crippen molar-refractivity contribution in [2.45, 2.75) is 38.5 Å². The molecule has 1 aliphatic heterocycles. The third-order valence-corrected chi connectivity index (χ3v) is 7.68. The molecule has 3 amide bonds. The lowest BCUT2D eigenvalue weighted by atomic mass is 10.2. The van der Waals surface area contributed by atoms with Gasteiger partial charge in [0.05, 0.1) is 12.4 Å². The highest BCUT2D eigenvalue weighted by atomic mass is 32.2. The van der Waals surface area contributed by atoms with Gasteiger partial charge in [-0.3, -0.25) is 14.2 Å². The molecule has 5 rings (SSSR count). The van der Waals surface area contributed by atoms with Gasteiger partial charge in [0.2, 0.25) is 5.91 Å². The van der Waals surface area contributed by atoms with E-state index >= 15 is 0 Å². The van der Waals surface area contributed by atoms with Crippen LogP contribution in [0.25, 0.3) is 28.2 Å². The molecule has 3 heterocycles. The minimum absolute atomic E-state index is 0.0139. The number of carbonyl (C=O) groups is 3. The Hall–Kier alpha value is -4.65. The first-order valence-electron chi connectivity index (χ1n) is 14.3. The van der Waals surface area contributed by atoms with Crippen LogP contribution in [0, 0.1) is 0 Å². The topological polar surface area (TPSA) is 146 Å². The summed E-state index contributed by atoms with van der Waals surface area (Å²) in [6, 6.07) is 16.7. The van der Waals surface area contributed by atoms with E-state index in [2.05, 4.69) is 4.98 Å². The molecule has 0 radical (unpaired) electrons. The van der Waals surface area contributed by atoms with Gasteiger partial charge in [0.1, 0.15) is 16.9 Å². The summed E-state index contributed by atoms with van der Waals surface area (Å²) >= 11 is 1.23. The second-order valence-corrected chi connectivity index (χ2v) is 12.0. The number of rotatable bonds is 8. The molecule has 0 aliphatic carbocycles. The monoisotopic (exact) mass is 617 g/mol. The predicted molar refractivity (Wildman–Crippen MR) is 167 cm³/mol. The number of hydrogen-bond donors (Lipinski definition) is 1. The molecule has 12 nitrogen and oxygen atoms in total. The molecule has 2 N–H and O–H groups in total. The Bertz CT molecular complexity index is 1660. The van der Waals surface area contributed by atoms with Gasteiger partial charge < -0.3 is 25.0 Å². The maximum absolute atomic E-state index is 13.2. The Morgan fingerprint density at radius 2 is 1.57 bits per heavy atom. The van der Waals surface area contributed by atoms with Gasteiger partial charge in [-0.2, -0.15) is 0 Å². The molecule has 0 bridgehead atoms. The minimum Gasteiger partial charge on any atom is -0.494 e. The summed E-state index contributed by atoms with van der Waals surface area (Å²) in [7, 11) is 0. The van der Waals surface area contributed by atoms with E-state index in [9.17, 15) is 14.4 Å². The Kier molecular flexibility index (Phi) is 9.04. The number of thioether (sulfide) groups is 1. The highest BCUT2D eigenvalue weighted by molar-refractivity contribution is 7.99. The first-order chi connectivity index (χ1) is 21.0. The van der Waals surface area contributed by atoms with Gasteiger partial charge in [0, 0.05) is 37.4 Å². The maximum Gasteiger partial charge on any atom is 0.410 e. The number of aromatic nitrogens is 4. The molecule has 2 aromatic heterocycles. The number of fused-ring (bicyclic) bond motifs is 1. The molecule has 0 unspecified atom stereocenters.